The van der Waals surface area contributed by atoms with Gasteiger partial charge in [-0.3, -0.25) is 4.79 Å². The van der Waals surface area contributed by atoms with Crippen LogP contribution in [0.15, 0.2) is 36.5 Å². The second kappa shape index (κ2) is 10.9. The summed E-state index contributed by atoms with van der Waals surface area (Å²) in [6, 6.07) is 7.45. The van der Waals surface area contributed by atoms with Gasteiger partial charge in [-0.05, 0) is 56.0 Å². The lowest BCUT2D eigenvalue weighted by molar-refractivity contribution is -0.116. The minimum absolute atomic E-state index is 0.187. The Morgan fingerprint density at radius 3 is 2.83 bits per heavy atom. The van der Waals surface area contributed by atoms with Crippen molar-refractivity contribution in [2.75, 3.05) is 31.7 Å². The number of benzene rings is 1. The van der Waals surface area contributed by atoms with E-state index in [2.05, 4.69) is 15.2 Å². The topological polar surface area (TPSA) is 63.7 Å². The highest BCUT2D eigenvalue weighted by atomic mass is 35.5. The Balaban J connectivity index is 1.65. The first kappa shape index (κ1) is 22.0. The molecule has 2 heterocycles. The van der Waals surface area contributed by atoms with Crippen LogP contribution < -0.4 is 19.7 Å². The third-order valence-electron chi connectivity index (χ3n) is 4.94. The first-order valence-corrected chi connectivity index (χ1v) is 10.6. The van der Waals surface area contributed by atoms with Crippen LogP contribution in [0.25, 0.3) is 6.08 Å². The summed E-state index contributed by atoms with van der Waals surface area (Å²) in [5.41, 5.74) is 1.78. The fraction of sp³-hybridized carbons (Fsp3) is 0.391. The lowest BCUT2D eigenvalue weighted by Gasteiger charge is -2.29. The number of pyridine rings is 1. The zero-order chi connectivity index (χ0) is 21.3. The van der Waals surface area contributed by atoms with Crippen molar-refractivity contribution in [3.05, 3.63) is 52.7 Å². The van der Waals surface area contributed by atoms with Crippen molar-refractivity contribution in [3.8, 4) is 11.5 Å². The van der Waals surface area contributed by atoms with Crippen molar-refractivity contribution in [3.63, 3.8) is 0 Å². The number of nitrogens with one attached hydrogen (secondary N) is 1. The molecule has 3 rings (SSSR count). The van der Waals surface area contributed by atoms with E-state index in [1.165, 1.54) is 25.3 Å². The van der Waals surface area contributed by atoms with Crippen LogP contribution in [0.4, 0.5) is 5.82 Å². The van der Waals surface area contributed by atoms with Crippen molar-refractivity contribution < 1.29 is 14.3 Å². The van der Waals surface area contributed by atoms with Gasteiger partial charge in [0.2, 0.25) is 5.91 Å². The van der Waals surface area contributed by atoms with E-state index in [0.29, 0.717) is 29.7 Å². The number of rotatable bonds is 8. The van der Waals surface area contributed by atoms with Crippen LogP contribution in [0.3, 0.4) is 0 Å². The molecule has 1 N–H and O–H groups in total. The molecule has 30 heavy (non-hydrogen) atoms. The fourth-order valence-corrected chi connectivity index (χ4v) is 3.81. The van der Waals surface area contributed by atoms with Crippen LogP contribution in [0, 0.1) is 0 Å². The smallest absolute Gasteiger partial charge is 0.244 e. The summed E-state index contributed by atoms with van der Waals surface area (Å²) in [4.78, 5) is 19.2. The largest absolute Gasteiger partial charge is 0.491 e. The third-order valence-corrected chi connectivity index (χ3v) is 5.22. The number of amides is 1. The maximum absolute atomic E-state index is 12.4. The van der Waals surface area contributed by atoms with Crippen molar-refractivity contribution >= 4 is 29.4 Å². The Kier molecular flexibility index (Phi) is 7.97. The van der Waals surface area contributed by atoms with Gasteiger partial charge < -0.3 is 19.7 Å². The predicted molar refractivity (Wildman–Crippen MR) is 120 cm³/mol. The lowest BCUT2D eigenvalue weighted by Crippen LogP contribution is -2.32. The van der Waals surface area contributed by atoms with Gasteiger partial charge >= 0.3 is 0 Å². The molecule has 0 aliphatic carbocycles. The number of aromatic nitrogens is 1. The minimum Gasteiger partial charge on any atom is -0.491 e. The van der Waals surface area contributed by atoms with Gasteiger partial charge in [0.05, 0.1) is 18.7 Å². The predicted octanol–water partition coefficient (Wildman–Crippen LogP) is 4.46. The maximum Gasteiger partial charge on any atom is 0.244 e. The summed E-state index contributed by atoms with van der Waals surface area (Å²) in [5.74, 6) is 1.81. The lowest BCUT2D eigenvalue weighted by atomic mass is 10.1. The van der Waals surface area contributed by atoms with Crippen molar-refractivity contribution in [1.29, 1.82) is 0 Å². The van der Waals surface area contributed by atoms with Crippen LogP contribution in [-0.4, -0.2) is 37.7 Å². The molecule has 6 nitrogen and oxygen atoms in total. The average molecular weight is 430 g/mol. The molecule has 2 aromatic rings. The highest BCUT2D eigenvalue weighted by molar-refractivity contribution is 6.32. The first-order valence-electron chi connectivity index (χ1n) is 10.3. The Bertz CT molecular complexity index is 895. The number of nitrogens with zero attached hydrogens (tertiary/aromatic N) is 2. The summed E-state index contributed by atoms with van der Waals surface area (Å²) >= 11 is 6.27. The van der Waals surface area contributed by atoms with Crippen molar-refractivity contribution in [2.45, 2.75) is 32.7 Å². The van der Waals surface area contributed by atoms with Crippen LogP contribution >= 0.6 is 11.6 Å². The molecular formula is C23H28ClN3O3. The highest BCUT2D eigenvalue weighted by Gasteiger charge is 2.15. The summed E-state index contributed by atoms with van der Waals surface area (Å²) in [6.07, 6.45) is 8.63. The van der Waals surface area contributed by atoms with Gasteiger partial charge in [0.1, 0.15) is 5.82 Å². The molecule has 0 bridgehead atoms. The quantitative estimate of drug-likeness (QED) is 0.627. The second-order valence-corrected chi connectivity index (χ2v) is 7.46. The number of carbonyl (C=O) groups is 1. The molecule has 0 spiro atoms. The molecule has 7 heteroatoms. The molecule has 0 saturated carbocycles. The third kappa shape index (κ3) is 5.66. The van der Waals surface area contributed by atoms with E-state index in [-0.39, 0.29) is 5.91 Å². The molecule has 1 saturated heterocycles. The molecule has 0 atom stereocenters. The Morgan fingerprint density at radius 2 is 2.10 bits per heavy atom. The summed E-state index contributed by atoms with van der Waals surface area (Å²) in [7, 11) is 1.54. The van der Waals surface area contributed by atoms with Crippen molar-refractivity contribution in [2.24, 2.45) is 0 Å². The van der Waals surface area contributed by atoms with E-state index >= 15 is 0 Å². The number of methoxy groups -OCH3 is 1. The van der Waals surface area contributed by atoms with Gasteiger partial charge in [0, 0.05) is 37.5 Å². The normalized spacial score (nSPS) is 14.0. The molecule has 1 aromatic heterocycles. The number of piperidine rings is 1. The van der Waals surface area contributed by atoms with Crippen LogP contribution in [0.1, 0.15) is 37.3 Å². The molecule has 1 aliphatic rings. The molecule has 1 fully saturated rings. The van der Waals surface area contributed by atoms with Gasteiger partial charge in [-0.25, -0.2) is 4.98 Å². The molecular weight excluding hydrogens is 402 g/mol. The zero-order valence-corrected chi connectivity index (χ0v) is 18.2. The highest BCUT2D eigenvalue weighted by Crippen LogP contribution is 2.36. The van der Waals surface area contributed by atoms with Crippen LogP contribution in [0.5, 0.6) is 11.5 Å². The van der Waals surface area contributed by atoms with Gasteiger partial charge in [-0.1, -0.05) is 17.7 Å². The fourth-order valence-electron chi connectivity index (χ4n) is 3.52. The molecule has 1 amide bonds. The van der Waals surface area contributed by atoms with E-state index in [0.717, 1.165) is 30.0 Å². The molecule has 1 aromatic carbocycles. The monoisotopic (exact) mass is 429 g/mol. The van der Waals surface area contributed by atoms with Gasteiger partial charge in [-0.15, -0.1) is 0 Å². The van der Waals surface area contributed by atoms with Gasteiger partial charge in [0.25, 0.3) is 0 Å². The van der Waals surface area contributed by atoms with E-state index < -0.39 is 0 Å². The number of ether oxygens (including phenoxy) is 2. The number of halogens is 1. The van der Waals surface area contributed by atoms with E-state index in [4.69, 9.17) is 21.1 Å². The Labute approximate surface area is 182 Å². The van der Waals surface area contributed by atoms with E-state index in [1.54, 1.807) is 31.5 Å². The van der Waals surface area contributed by atoms with Crippen LogP contribution in [-0.2, 0) is 11.3 Å². The van der Waals surface area contributed by atoms with E-state index in [9.17, 15) is 4.79 Å². The SMILES string of the molecule is CCOc1cc(/C=C/C(=O)NCc2cccnc2N2CCCCC2)cc(Cl)c1OC. The number of hydrogen-bond acceptors (Lipinski definition) is 5. The summed E-state index contributed by atoms with van der Waals surface area (Å²) < 4.78 is 10.9. The Morgan fingerprint density at radius 1 is 1.30 bits per heavy atom. The molecule has 160 valence electrons. The summed E-state index contributed by atoms with van der Waals surface area (Å²) in [5, 5.41) is 3.38. The first-order chi connectivity index (χ1) is 14.6. The van der Waals surface area contributed by atoms with Crippen LogP contribution in [0.2, 0.25) is 5.02 Å². The average Bonchev–Trinajstić information content (AvgIpc) is 2.77. The maximum atomic E-state index is 12.4. The van der Waals surface area contributed by atoms with E-state index in [1.807, 2.05) is 19.1 Å². The molecule has 1 aliphatic heterocycles. The minimum atomic E-state index is -0.187. The van der Waals surface area contributed by atoms with Crippen molar-refractivity contribution in [1.82, 2.24) is 10.3 Å². The number of anilines is 1. The zero-order valence-electron chi connectivity index (χ0n) is 17.5. The number of hydrogen-bond donors (Lipinski definition) is 1. The molecule has 0 radical (unpaired) electrons. The van der Waals surface area contributed by atoms with Gasteiger partial charge in [0.15, 0.2) is 11.5 Å². The number of carbonyl (C=O) groups excluding carboxylic acids is 1. The molecule has 0 unspecified atom stereocenters. The summed E-state index contributed by atoms with van der Waals surface area (Å²) in [6.45, 7) is 4.83. The Hall–Kier alpha value is -2.73. The second-order valence-electron chi connectivity index (χ2n) is 7.05. The van der Waals surface area contributed by atoms with Gasteiger partial charge in [-0.2, -0.15) is 0 Å². The standard InChI is InChI=1S/C23H28ClN3O3/c1-3-30-20-15-17(14-19(24)22(20)29-2)9-10-21(28)26-16-18-8-7-11-25-23(18)27-12-5-4-6-13-27/h7-11,14-15H,3-6,12-13,16H2,1-2H3,(H,26,28)/b10-9+.